The third-order valence-corrected chi connectivity index (χ3v) is 5.52. The Hall–Kier alpha value is -2.33. The van der Waals surface area contributed by atoms with Gasteiger partial charge in [-0.15, -0.1) is 0 Å². The van der Waals surface area contributed by atoms with Crippen molar-refractivity contribution in [1.82, 2.24) is 10.2 Å². The van der Waals surface area contributed by atoms with E-state index in [4.69, 9.17) is 11.6 Å². The number of rotatable bonds is 6. The first kappa shape index (κ1) is 20.4. The predicted octanol–water partition coefficient (Wildman–Crippen LogP) is 4.33. The fraction of sp³-hybridized carbons (Fsp3) is 0.391. The number of carbonyl (C=O) groups excluding carboxylic acids is 2. The van der Waals surface area contributed by atoms with E-state index in [0.717, 1.165) is 25.7 Å². The lowest BCUT2D eigenvalue weighted by Crippen LogP contribution is -2.47. The normalized spacial score (nSPS) is 17.8. The minimum absolute atomic E-state index is 0.0358. The lowest BCUT2D eigenvalue weighted by Gasteiger charge is -2.32. The molecule has 2 amide bonds. The second-order valence-electron chi connectivity index (χ2n) is 7.53. The number of nitrogens with one attached hydrogen (secondary N) is 1. The van der Waals surface area contributed by atoms with Crippen LogP contribution in [-0.4, -0.2) is 35.8 Å². The number of carbonyl (C=O) groups is 2. The molecule has 2 aromatic carbocycles. The zero-order chi connectivity index (χ0) is 19.9. The van der Waals surface area contributed by atoms with Crippen molar-refractivity contribution in [1.29, 1.82) is 0 Å². The summed E-state index contributed by atoms with van der Waals surface area (Å²) in [5, 5.41) is 3.74. The first-order valence-corrected chi connectivity index (χ1v) is 10.3. The molecule has 1 aliphatic heterocycles. The number of aryl methyl sites for hydroxylation is 1. The molecule has 0 spiro atoms. The van der Waals surface area contributed by atoms with Crippen molar-refractivity contribution in [2.24, 2.45) is 5.92 Å². The zero-order valence-corrected chi connectivity index (χ0v) is 17.0. The maximum Gasteiger partial charge on any atom is 0.253 e. The van der Waals surface area contributed by atoms with Gasteiger partial charge in [0.1, 0.15) is 0 Å². The Labute approximate surface area is 171 Å². The molecule has 2 unspecified atom stereocenters. The van der Waals surface area contributed by atoms with Crippen LogP contribution in [0.25, 0.3) is 0 Å². The lowest BCUT2D eigenvalue weighted by atomic mass is 9.95. The molecule has 0 aliphatic carbocycles. The highest BCUT2D eigenvalue weighted by molar-refractivity contribution is 6.30. The summed E-state index contributed by atoms with van der Waals surface area (Å²) >= 11 is 5.90. The van der Waals surface area contributed by atoms with E-state index in [-0.39, 0.29) is 23.8 Å². The van der Waals surface area contributed by atoms with Gasteiger partial charge in [0.05, 0.1) is 5.92 Å². The van der Waals surface area contributed by atoms with Crippen LogP contribution >= 0.6 is 11.6 Å². The van der Waals surface area contributed by atoms with Crippen LogP contribution in [0.15, 0.2) is 54.6 Å². The van der Waals surface area contributed by atoms with Gasteiger partial charge >= 0.3 is 0 Å². The number of nitrogens with zero attached hydrogens (tertiary/aromatic N) is 1. The van der Waals surface area contributed by atoms with E-state index in [1.54, 1.807) is 29.2 Å². The summed E-state index contributed by atoms with van der Waals surface area (Å²) in [5.74, 6) is -0.135. The lowest BCUT2D eigenvalue weighted by molar-refractivity contribution is -0.127. The van der Waals surface area contributed by atoms with Gasteiger partial charge in [0.2, 0.25) is 5.91 Å². The number of hydrogen-bond donors (Lipinski definition) is 1. The molecule has 5 heteroatoms. The van der Waals surface area contributed by atoms with E-state index in [1.165, 1.54) is 5.56 Å². The highest BCUT2D eigenvalue weighted by atomic mass is 35.5. The van der Waals surface area contributed by atoms with Crippen molar-refractivity contribution in [2.45, 2.75) is 38.6 Å². The van der Waals surface area contributed by atoms with Crippen LogP contribution in [0.1, 0.15) is 42.1 Å². The monoisotopic (exact) mass is 398 g/mol. The SMILES string of the molecule is CC(CCc1ccccc1)NC(=O)C1CCCN(C(=O)c2ccc(Cl)cc2)C1. The fourth-order valence-corrected chi connectivity index (χ4v) is 3.74. The molecule has 1 heterocycles. The molecule has 1 aliphatic rings. The molecule has 0 bridgehead atoms. The third kappa shape index (κ3) is 5.59. The summed E-state index contributed by atoms with van der Waals surface area (Å²) in [6.45, 7) is 3.20. The summed E-state index contributed by atoms with van der Waals surface area (Å²) in [6, 6.07) is 17.3. The topological polar surface area (TPSA) is 49.4 Å². The summed E-state index contributed by atoms with van der Waals surface area (Å²) in [4.78, 5) is 27.2. The number of halogens is 1. The average molecular weight is 399 g/mol. The Morgan fingerprint density at radius 1 is 1.14 bits per heavy atom. The molecule has 0 radical (unpaired) electrons. The van der Waals surface area contributed by atoms with Gasteiger partial charge in [0.25, 0.3) is 5.91 Å². The zero-order valence-electron chi connectivity index (χ0n) is 16.2. The van der Waals surface area contributed by atoms with Crippen LogP contribution in [0.3, 0.4) is 0 Å². The quantitative estimate of drug-likeness (QED) is 0.787. The molecule has 2 atom stereocenters. The van der Waals surface area contributed by atoms with E-state index in [9.17, 15) is 9.59 Å². The maximum atomic E-state index is 12.7. The first-order chi connectivity index (χ1) is 13.5. The van der Waals surface area contributed by atoms with Gasteiger partial charge in [-0.05, 0) is 62.4 Å². The molecule has 4 nitrogen and oxygen atoms in total. The Bertz CT molecular complexity index is 792. The van der Waals surface area contributed by atoms with Crippen molar-refractivity contribution in [3.8, 4) is 0 Å². The minimum atomic E-state index is -0.149. The maximum absolute atomic E-state index is 12.7. The number of hydrogen-bond acceptors (Lipinski definition) is 2. The number of likely N-dealkylation sites (tertiary alicyclic amines) is 1. The summed E-state index contributed by atoms with van der Waals surface area (Å²) in [5.41, 5.74) is 1.89. The van der Waals surface area contributed by atoms with E-state index < -0.39 is 0 Å². The van der Waals surface area contributed by atoms with Crippen LogP contribution < -0.4 is 5.32 Å². The molecule has 3 rings (SSSR count). The summed E-state index contributed by atoms with van der Waals surface area (Å²) < 4.78 is 0. The van der Waals surface area contributed by atoms with Gasteiger partial charge in [-0.1, -0.05) is 41.9 Å². The fourth-order valence-electron chi connectivity index (χ4n) is 3.61. The minimum Gasteiger partial charge on any atom is -0.353 e. The largest absolute Gasteiger partial charge is 0.353 e. The Balaban J connectivity index is 1.50. The van der Waals surface area contributed by atoms with Crippen molar-refractivity contribution in [2.75, 3.05) is 13.1 Å². The van der Waals surface area contributed by atoms with Crippen molar-refractivity contribution >= 4 is 23.4 Å². The molecular weight excluding hydrogens is 372 g/mol. The van der Waals surface area contributed by atoms with Gasteiger partial charge in [0.15, 0.2) is 0 Å². The molecule has 1 fully saturated rings. The van der Waals surface area contributed by atoms with Crippen LogP contribution in [0, 0.1) is 5.92 Å². The van der Waals surface area contributed by atoms with Crippen LogP contribution in [0.2, 0.25) is 5.02 Å². The predicted molar refractivity (Wildman–Crippen MR) is 112 cm³/mol. The van der Waals surface area contributed by atoms with Crippen molar-refractivity contribution in [3.63, 3.8) is 0 Å². The van der Waals surface area contributed by atoms with Crippen LogP contribution in [-0.2, 0) is 11.2 Å². The van der Waals surface area contributed by atoms with Crippen LogP contribution in [0.4, 0.5) is 0 Å². The standard InChI is InChI=1S/C23H27ClN2O2/c1-17(9-10-18-6-3-2-4-7-18)25-22(27)20-8-5-15-26(16-20)23(28)19-11-13-21(24)14-12-19/h2-4,6-7,11-14,17,20H,5,8-10,15-16H2,1H3,(H,25,27). The molecule has 1 saturated heterocycles. The van der Waals surface area contributed by atoms with Gasteiger partial charge in [0, 0.05) is 29.7 Å². The smallest absolute Gasteiger partial charge is 0.253 e. The van der Waals surface area contributed by atoms with E-state index in [2.05, 4.69) is 17.4 Å². The second-order valence-corrected chi connectivity index (χ2v) is 7.97. The Morgan fingerprint density at radius 3 is 2.57 bits per heavy atom. The number of amides is 2. The molecular formula is C23H27ClN2O2. The number of benzene rings is 2. The number of piperidine rings is 1. The summed E-state index contributed by atoms with van der Waals surface area (Å²) in [7, 11) is 0. The van der Waals surface area contributed by atoms with Crippen molar-refractivity contribution in [3.05, 3.63) is 70.7 Å². The molecule has 28 heavy (non-hydrogen) atoms. The Kier molecular flexibility index (Phi) is 7.10. The molecule has 0 aromatic heterocycles. The summed E-state index contributed by atoms with van der Waals surface area (Å²) in [6.07, 6.45) is 3.50. The second kappa shape index (κ2) is 9.74. The third-order valence-electron chi connectivity index (χ3n) is 5.27. The van der Waals surface area contributed by atoms with Crippen molar-refractivity contribution < 1.29 is 9.59 Å². The molecule has 2 aromatic rings. The van der Waals surface area contributed by atoms with Gasteiger partial charge in [-0.2, -0.15) is 0 Å². The molecule has 1 N–H and O–H groups in total. The van der Waals surface area contributed by atoms with Crippen LogP contribution in [0.5, 0.6) is 0 Å². The Morgan fingerprint density at radius 2 is 1.86 bits per heavy atom. The molecule has 148 valence electrons. The average Bonchev–Trinajstić information content (AvgIpc) is 2.73. The van der Waals surface area contributed by atoms with E-state index in [0.29, 0.717) is 23.7 Å². The molecule has 0 saturated carbocycles. The van der Waals surface area contributed by atoms with Gasteiger partial charge < -0.3 is 10.2 Å². The first-order valence-electron chi connectivity index (χ1n) is 9.92. The highest BCUT2D eigenvalue weighted by Crippen LogP contribution is 2.20. The van der Waals surface area contributed by atoms with E-state index >= 15 is 0 Å². The van der Waals surface area contributed by atoms with Gasteiger partial charge in [-0.25, -0.2) is 0 Å². The van der Waals surface area contributed by atoms with Gasteiger partial charge in [-0.3, -0.25) is 9.59 Å². The highest BCUT2D eigenvalue weighted by Gasteiger charge is 2.29. The van der Waals surface area contributed by atoms with E-state index in [1.807, 2.05) is 25.1 Å².